The molecule has 1 aromatic carbocycles. The van der Waals surface area contributed by atoms with Crippen LogP contribution in [0.1, 0.15) is 18.9 Å². The third-order valence-electron chi connectivity index (χ3n) is 4.50. The summed E-state index contributed by atoms with van der Waals surface area (Å²) in [5.74, 6) is 2.07. The van der Waals surface area contributed by atoms with Gasteiger partial charge in [-0.3, -0.25) is 14.3 Å². The average Bonchev–Trinajstić information content (AvgIpc) is 3.51. The summed E-state index contributed by atoms with van der Waals surface area (Å²) >= 11 is 1.38. The van der Waals surface area contributed by atoms with Crippen molar-refractivity contribution in [1.82, 2.24) is 19.7 Å². The zero-order valence-electron chi connectivity index (χ0n) is 16.2. The number of hydrogen-bond acceptors (Lipinski definition) is 7. The lowest BCUT2D eigenvalue weighted by atomic mass is 10.2. The Morgan fingerprint density at radius 2 is 2.03 bits per heavy atom. The maximum Gasteiger partial charge on any atom is 0.234 e. The number of nitrogens with one attached hydrogen (secondary N) is 1. The van der Waals surface area contributed by atoms with Gasteiger partial charge in [-0.25, -0.2) is 0 Å². The van der Waals surface area contributed by atoms with Crippen molar-refractivity contribution in [3.63, 3.8) is 0 Å². The van der Waals surface area contributed by atoms with Crippen LogP contribution >= 0.6 is 11.8 Å². The summed E-state index contributed by atoms with van der Waals surface area (Å²) in [6.07, 6.45) is 5.70. The van der Waals surface area contributed by atoms with Crippen molar-refractivity contribution in [2.24, 2.45) is 0 Å². The van der Waals surface area contributed by atoms with Crippen molar-refractivity contribution in [3.05, 3.63) is 42.7 Å². The number of anilines is 1. The third kappa shape index (κ3) is 4.34. The van der Waals surface area contributed by atoms with Crippen LogP contribution in [0.25, 0.3) is 11.4 Å². The number of amides is 1. The highest BCUT2D eigenvalue weighted by Crippen LogP contribution is 2.41. The second-order valence-electron chi connectivity index (χ2n) is 6.56. The Hall–Kier alpha value is -3.07. The first-order chi connectivity index (χ1) is 14.2. The first-order valence-corrected chi connectivity index (χ1v) is 10.2. The molecule has 0 bridgehead atoms. The number of nitrogens with zero attached hydrogens (tertiary/aromatic N) is 4. The minimum atomic E-state index is -0.129. The maximum absolute atomic E-state index is 12.4. The molecule has 1 N–H and O–H groups in total. The smallest absolute Gasteiger partial charge is 0.234 e. The molecule has 3 aromatic rings. The molecule has 0 radical (unpaired) electrons. The minimum absolute atomic E-state index is 0.129. The van der Waals surface area contributed by atoms with E-state index in [9.17, 15) is 4.79 Å². The zero-order chi connectivity index (χ0) is 20.2. The summed E-state index contributed by atoms with van der Waals surface area (Å²) in [7, 11) is 3.13. The van der Waals surface area contributed by atoms with Gasteiger partial charge in [0.25, 0.3) is 0 Å². The van der Waals surface area contributed by atoms with Gasteiger partial charge in [0.2, 0.25) is 5.91 Å². The van der Waals surface area contributed by atoms with Crippen LogP contribution in [-0.2, 0) is 4.79 Å². The number of aromatic nitrogens is 4. The van der Waals surface area contributed by atoms with E-state index >= 15 is 0 Å². The van der Waals surface area contributed by atoms with Gasteiger partial charge in [-0.05, 0) is 37.1 Å². The zero-order valence-corrected chi connectivity index (χ0v) is 17.0. The van der Waals surface area contributed by atoms with Gasteiger partial charge >= 0.3 is 0 Å². The number of methoxy groups -OCH3 is 2. The summed E-state index contributed by atoms with van der Waals surface area (Å²) in [5.41, 5.74) is 1.57. The van der Waals surface area contributed by atoms with Gasteiger partial charge < -0.3 is 14.8 Å². The van der Waals surface area contributed by atoms with Gasteiger partial charge in [0.05, 0.1) is 20.0 Å². The Morgan fingerprint density at radius 3 is 2.72 bits per heavy atom. The summed E-state index contributed by atoms with van der Waals surface area (Å²) in [5, 5.41) is 12.3. The molecule has 0 saturated heterocycles. The van der Waals surface area contributed by atoms with E-state index in [4.69, 9.17) is 9.47 Å². The Bertz CT molecular complexity index is 1000. The molecular formula is C20H21N5O3S. The Balaban J connectivity index is 1.44. The van der Waals surface area contributed by atoms with Crippen LogP contribution in [0.5, 0.6) is 11.5 Å². The van der Waals surface area contributed by atoms with Gasteiger partial charge in [0.15, 0.2) is 22.5 Å². The van der Waals surface area contributed by atoms with E-state index in [0.717, 1.165) is 29.4 Å². The van der Waals surface area contributed by atoms with E-state index in [1.807, 2.05) is 12.1 Å². The molecule has 150 valence electrons. The van der Waals surface area contributed by atoms with Crippen LogP contribution in [0, 0.1) is 0 Å². The fourth-order valence-corrected chi connectivity index (χ4v) is 3.78. The number of rotatable bonds is 8. The minimum Gasteiger partial charge on any atom is -0.493 e. The van der Waals surface area contributed by atoms with E-state index in [0.29, 0.717) is 23.2 Å². The number of ether oxygens (including phenoxy) is 2. The highest BCUT2D eigenvalue weighted by Gasteiger charge is 2.30. The Kier molecular flexibility index (Phi) is 5.66. The molecule has 0 atom stereocenters. The third-order valence-corrected chi connectivity index (χ3v) is 5.44. The van der Waals surface area contributed by atoms with E-state index in [1.165, 1.54) is 11.8 Å². The highest BCUT2D eigenvalue weighted by molar-refractivity contribution is 7.99. The molecule has 2 heterocycles. The van der Waals surface area contributed by atoms with Crippen molar-refractivity contribution < 1.29 is 14.3 Å². The molecule has 29 heavy (non-hydrogen) atoms. The van der Waals surface area contributed by atoms with E-state index in [1.54, 1.807) is 44.8 Å². The molecule has 0 spiro atoms. The SMILES string of the molecule is COc1ccc(NC(=O)CSc2nnc(-c3cccnc3)n2C2CC2)cc1OC. The molecule has 1 aliphatic rings. The Morgan fingerprint density at radius 1 is 1.21 bits per heavy atom. The van der Waals surface area contributed by atoms with Crippen molar-refractivity contribution in [2.45, 2.75) is 24.0 Å². The summed E-state index contributed by atoms with van der Waals surface area (Å²) in [4.78, 5) is 16.6. The van der Waals surface area contributed by atoms with Gasteiger partial charge in [-0.1, -0.05) is 11.8 Å². The monoisotopic (exact) mass is 411 g/mol. The lowest BCUT2D eigenvalue weighted by Crippen LogP contribution is -2.14. The summed E-state index contributed by atoms with van der Waals surface area (Å²) in [6.45, 7) is 0. The number of carbonyl (C=O) groups excluding carboxylic acids is 1. The Labute approximate surface area is 172 Å². The maximum atomic E-state index is 12.4. The number of hydrogen-bond donors (Lipinski definition) is 1. The fourth-order valence-electron chi connectivity index (χ4n) is 2.97. The van der Waals surface area contributed by atoms with Crippen molar-refractivity contribution in [1.29, 1.82) is 0 Å². The van der Waals surface area contributed by atoms with Crippen LogP contribution in [0.2, 0.25) is 0 Å². The van der Waals surface area contributed by atoms with Crippen LogP contribution in [0.3, 0.4) is 0 Å². The lowest BCUT2D eigenvalue weighted by molar-refractivity contribution is -0.113. The topological polar surface area (TPSA) is 91.2 Å². The molecule has 9 heteroatoms. The van der Waals surface area contributed by atoms with Crippen molar-refractivity contribution >= 4 is 23.4 Å². The van der Waals surface area contributed by atoms with Crippen LogP contribution < -0.4 is 14.8 Å². The lowest BCUT2D eigenvalue weighted by Gasteiger charge is -2.11. The molecule has 4 rings (SSSR count). The molecule has 8 nitrogen and oxygen atoms in total. The molecule has 2 aromatic heterocycles. The van der Waals surface area contributed by atoms with E-state index in [-0.39, 0.29) is 11.7 Å². The number of carbonyl (C=O) groups is 1. The predicted octanol–water partition coefficient (Wildman–Crippen LogP) is 3.42. The van der Waals surface area contributed by atoms with E-state index < -0.39 is 0 Å². The number of thioether (sulfide) groups is 1. The van der Waals surface area contributed by atoms with E-state index in [2.05, 4.69) is 25.1 Å². The van der Waals surface area contributed by atoms with Crippen LogP contribution in [-0.4, -0.2) is 45.6 Å². The first-order valence-electron chi connectivity index (χ1n) is 9.19. The van der Waals surface area contributed by atoms with Gasteiger partial charge in [0, 0.05) is 35.8 Å². The number of benzene rings is 1. The van der Waals surface area contributed by atoms with Crippen LogP contribution in [0.15, 0.2) is 47.9 Å². The molecular weight excluding hydrogens is 390 g/mol. The van der Waals surface area contributed by atoms with Crippen LogP contribution in [0.4, 0.5) is 5.69 Å². The second kappa shape index (κ2) is 8.52. The predicted molar refractivity (Wildman–Crippen MR) is 110 cm³/mol. The summed E-state index contributed by atoms with van der Waals surface area (Å²) in [6, 6.07) is 9.49. The average molecular weight is 411 g/mol. The molecule has 1 fully saturated rings. The summed E-state index contributed by atoms with van der Waals surface area (Å²) < 4.78 is 12.6. The molecule has 1 aliphatic carbocycles. The largest absolute Gasteiger partial charge is 0.493 e. The number of pyridine rings is 1. The fraction of sp³-hybridized carbons (Fsp3) is 0.300. The first kappa shape index (κ1) is 19.3. The van der Waals surface area contributed by atoms with Gasteiger partial charge in [-0.2, -0.15) is 0 Å². The highest BCUT2D eigenvalue weighted by atomic mass is 32.2. The second-order valence-corrected chi connectivity index (χ2v) is 7.50. The molecule has 1 saturated carbocycles. The quantitative estimate of drug-likeness (QED) is 0.568. The molecule has 0 unspecified atom stereocenters. The van der Waals surface area contributed by atoms with Crippen molar-refractivity contribution in [3.8, 4) is 22.9 Å². The standard InChI is InChI=1S/C20H21N5O3S/c1-27-16-8-5-14(10-17(16)28-2)22-18(26)12-29-20-24-23-19(25(20)15-6-7-15)13-4-3-9-21-11-13/h3-5,8-11,15H,6-7,12H2,1-2H3,(H,22,26). The van der Waals surface area contributed by atoms with Gasteiger partial charge in [0.1, 0.15) is 0 Å². The van der Waals surface area contributed by atoms with Crippen molar-refractivity contribution in [2.75, 3.05) is 25.3 Å². The van der Waals surface area contributed by atoms with Gasteiger partial charge in [-0.15, -0.1) is 10.2 Å². The molecule has 1 amide bonds. The normalized spacial score (nSPS) is 13.2. The molecule has 0 aliphatic heterocycles.